The van der Waals surface area contributed by atoms with Crippen molar-refractivity contribution in [3.05, 3.63) is 421 Å². The third-order valence-electron chi connectivity index (χ3n) is 27.7. The molecular formula is C124H108F5N10O5+5. The summed E-state index contributed by atoms with van der Waals surface area (Å²) < 4.78 is 121. The average Bonchev–Trinajstić information content (AvgIpc) is 1.58. The van der Waals surface area contributed by atoms with Gasteiger partial charge in [0.15, 0.2) is 35.6 Å². The van der Waals surface area contributed by atoms with Crippen molar-refractivity contribution < 1.29 is 67.0 Å². The van der Waals surface area contributed by atoms with Gasteiger partial charge in [-0.15, -0.1) is 9.36 Å². The fourth-order valence-electron chi connectivity index (χ4n) is 20.6. The van der Waals surface area contributed by atoms with Crippen LogP contribution in [0.4, 0.5) is 22.0 Å². The van der Waals surface area contributed by atoms with Gasteiger partial charge in [-0.2, -0.15) is 18.3 Å². The van der Waals surface area contributed by atoms with Crippen molar-refractivity contribution in [1.29, 1.82) is 0 Å². The van der Waals surface area contributed by atoms with E-state index in [9.17, 15) is 22.0 Å². The van der Waals surface area contributed by atoms with Crippen LogP contribution in [-0.2, 0) is 35.2 Å². The average molecular weight is 1910 g/mol. The zero-order chi connectivity index (χ0) is 100. The first-order valence-electron chi connectivity index (χ1n) is 48.4. The molecule has 0 unspecified atom stereocenters. The molecule has 0 radical (unpaired) electrons. The fraction of sp³-hybridized carbons (Fsp3) is 0.153. The van der Waals surface area contributed by atoms with Crippen LogP contribution in [0.3, 0.4) is 0 Å². The highest BCUT2D eigenvalue weighted by molar-refractivity contribution is 6.13. The second-order valence-corrected chi connectivity index (χ2v) is 38.2. The molecular weight excluding hydrogens is 1800 g/mol. The van der Waals surface area contributed by atoms with E-state index < -0.39 is 0 Å². The number of aromatic nitrogens is 10. The topological polar surface area (TPSA) is 110 Å². The summed E-state index contributed by atoms with van der Waals surface area (Å²) >= 11 is 0. The molecule has 0 aliphatic rings. The molecule has 10 aromatic heterocycles. The Labute approximate surface area is 829 Å². The number of para-hydroxylation sites is 4. The molecule has 714 valence electrons. The number of hydrogen-bond donors (Lipinski definition) is 0. The molecule has 0 spiro atoms. The maximum Gasteiger partial charge on any atom is 0.297 e. The van der Waals surface area contributed by atoms with Crippen LogP contribution in [0.5, 0.6) is 0 Å². The van der Waals surface area contributed by atoms with E-state index in [1.165, 1.54) is 83.0 Å². The molecule has 144 heavy (non-hydrogen) atoms. The van der Waals surface area contributed by atoms with Crippen molar-refractivity contribution in [3.8, 4) is 85.1 Å². The van der Waals surface area contributed by atoms with Gasteiger partial charge >= 0.3 is 0 Å². The Morgan fingerprint density at radius 3 is 0.986 bits per heavy atom. The Kier molecular flexibility index (Phi) is 24.5. The van der Waals surface area contributed by atoms with Crippen LogP contribution in [0.25, 0.3) is 195 Å². The van der Waals surface area contributed by atoms with E-state index in [0.29, 0.717) is 45.7 Å². The molecule has 15 aromatic carbocycles. The van der Waals surface area contributed by atoms with E-state index in [-0.39, 0.29) is 29.1 Å². The number of benzene rings is 15. The molecule has 0 aliphatic carbocycles. The third kappa shape index (κ3) is 16.8. The van der Waals surface area contributed by atoms with E-state index >= 15 is 0 Å². The van der Waals surface area contributed by atoms with Gasteiger partial charge in [0.05, 0.1) is 34.4 Å². The zero-order valence-electron chi connectivity index (χ0n) is 83.0. The van der Waals surface area contributed by atoms with Crippen molar-refractivity contribution in [2.75, 3.05) is 0 Å². The Morgan fingerprint density at radius 1 is 0.250 bits per heavy atom. The predicted octanol–water partition coefficient (Wildman–Crippen LogP) is 29.9. The zero-order valence-corrected chi connectivity index (χ0v) is 83.0. The van der Waals surface area contributed by atoms with Crippen molar-refractivity contribution in [2.45, 2.75) is 93.9 Å². The standard InChI is InChI=1S/C29H22FN2O.C29H30FN2O.C26H24FN2O.C23H18FN2O.C17H14FN2O/c1-19-12-14-24-23-15-13-21(30)18-26(23)33-28(24)27(19)29-31(2)16-17-32(29)25-11-7-6-10-22(25)20-8-4-3-5-9-20;1-17(2)21-8-7-9-22(18(3)4)27(21)32-15-14-31(6)29(32)26-19(5)10-12-24-23-13-11-20(30)16-25(23)33-28(24)26;1-16(2)19-7-5-6-8-22(19)29-14-13-28(4)26(29)24-17(3)9-11-21-20-12-10-18(27)15-23(20)30-25(21)24;1-15-8-10-19-18-11-9-16(24)14-20(18)27-22(19)21(15)23-25(2)12-13-26(23)17-6-4-3-5-7-17;1-11-8-16-14(10-15(11)20-7-3-6-19(20)2)13-5-4-12(18)9-17(13)21-16/h3-18H,1-2H3;7-18H,1-6H3;5-16H,1-4H3;3-14H,1-2H3;3-10H,1-2H3/q5*+1. The molecule has 0 bridgehead atoms. The normalized spacial score (nSPS) is 11.7. The van der Waals surface area contributed by atoms with E-state index in [2.05, 4.69) is 306 Å². The lowest BCUT2D eigenvalue weighted by atomic mass is 9.92. The van der Waals surface area contributed by atoms with Gasteiger partial charge in [0.25, 0.3) is 23.3 Å². The smallest absolute Gasteiger partial charge is 0.297 e. The van der Waals surface area contributed by atoms with Crippen molar-refractivity contribution in [1.82, 2.24) is 23.0 Å². The summed E-state index contributed by atoms with van der Waals surface area (Å²) in [7, 11) is 10.2. The van der Waals surface area contributed by atoms with Crippen molar-refractivity contribution in [2.24, 2.45) is 35.2 Å². The second kappa shape index (κ2) is 37.9. The van der Waals surface area contributed by atoms with Gasteiger partial charge < -0.3 is 22.1 Å². The maximum atomic E-state index is 13.9. The van der Waals surface area contributed by atoms with Gasteiger partial charge in [-0.3, -0.25) is 0 Å². The molecule has 0 atom stereocenters. The Hall–Kier alpha value is -17.0. The van der Waals surface area contributed by atoms with Crippen LogP contribution in [0.2, 0.25) is 0 Å². The maximum absolute atomic E-state index is 13.9. The summed E-state index contributed by atoms with van der Waals surface area (Å²) in [5, 5.41) is 9.60. The Balaban J connectivity index is 0.000000107. The second-order valence-electron chi connectivity index (χ2n) is 38.2. The monoisotopic (exact) mass is 1910 g/mol. The SMILES string of the molecule is Cc1cc2oc3cc(F)ccc3c2cc1-n1ccc[n+]1C.Cc1ccc2c(oc3cc(F)ccc32)c1-c1n(-c2c(C(C)C)cccc2C(C)C)cc[n+]1C.Cc1ccc2c(oc3cc(F)ccc32)c1-c1n(-c2ccccc2)cc[n+]1C.Cc1ccc2c(oc3cc(F)ccc32)c1-c1n(-c2ccccc2-c2ccccc2)cc[n+]1C.Cc1ccc2c(oc3cc(F)ccc32)c1-c1n(-c2ccccc2C(C)C)cc[n+]1C. The molecule has 10 heterocycles. The highest BCUT2D eigenvalue weighted by Crippen LogP contribution is 2.46. The van der Waals surface area contributed by atoms with Gasteiger partial charge in [-0.05, 0) is 183 Å². The lowest BCUT2D eigenvalue weighted by Crippen LogP contribution is -2.36. The number of fused-ring (bicyclic) bond motifs is 15. The largest absolute Gasteiger partial charge is 0.456 e. The van der Waals surface area contributed by atoms with E-state index in [0.717, 1.165) is 189 Å². The van der Waals surface area contributed by atoms with Crippen molar-refractivity contribution >= 4 is 110 Å². The summed E-state index contributed by atoms with van der Waals surface area (Å²) in [6.45, 7) is 23.8. The lowest BCUT2D eigenvalue weighted by molar-refractivity contribution is -0.744. The van der Waals surface area contributed by atoms with Crippen LogP contribution in [0, 0.1) is 63.7 Å². The van der Waals surface area contributed by atoms with Gasteiger partial charge in [-0.1, -0.05) is 193 Å². The minimum Gasteiger partial charge on any atom is -0.456 e. The third-order valence-corrected chi connectivity index (χ3v) is 27.7. The quantitative estimate of drug-likeness (QED) is 0.0844. The van der Waals surface area contributed by atoms with Gasteiger partial charge in [0.2, 0.25) is 0 Å². The molecule has 20 heteroatoms. The first-order chi connectivity index (χ1) is 69.6. The summed E-state index contributed by atoms with van der Waals surface area (Å²) in [5.74, 6) is 3.80. The number of furan rings is 5. The van der Waals surface area contributed by atoms with E-state index in [1.54, 1.807) is 30.3 Å². The van der Waals surface area contributed by atoms with E-state index in [4.69, 9.17) is 22.1 Å². The highest BCUT2D eigenvalue weighted by Gasteiger charge is 2.35. The van der Waals surface area contributed by atoms with E-state index in [1.807, 2.05) is 107 Å². The Morgan fingerprint density at radius 2 is 0.576 bits per heavy atom. The molecule has 0 aliphatic heterocycles. The summed E-state index contributed by atoms with van der Waals surface area (Å²) in [6, 6.07) is 90.5. The summed E-state index contributed by atoms with van der Waals surface area (Å²) in [6.07, 6.45) is 20.6. The fourth-order valence-corrected chi connectivity index (χ4v) is 20.6. The number of rotatable bonds is 13. The molecule has 15 nitrogen and oxygen atoms in total. The van der Waals surface area contributed by atoms with Gasteiger partial charge in [-0.25, -0.2) is 40.2 Å². The van der Waals surface area contributed by atoms with Crippen LogP contribution in [0.1, 0.15) is 104 Å². The molecule has 25 rings (SSSR count). The minimum atomic E-state index is -0.300. The van der Waals surface area contributed by atoms with Gasteiger partial charge in [0.1, 0.15) is 163 Å². The van der Waals surface area contributed by atoms with Crippen LogP contribution >= 0.6 is 0 Å². The number of nitrogens with zero attached hydrogens (tertiary/aromatic N) is 10. The molecule has 0 amide bonds. The van der Waals surface area contributed by atoms with Crippen LogP contribution in [-0.4, -0.2) is 23.0 Å². The molecule has 0 fully saturated rings. The predicted molar refractivity (Wildman–Crippen MR) is 564 cm³/mol. The highest BCUT2D eigenvalue weighted by atomic mass is 19.1. The van der Waals surface area contributed by atoms with Crippen LogP contribution < -0.4 is 23.0 Å². The molecule has 0 saturated heterocycles. The lowest BCUT2D eigenvalue weighted by Gasteiger charge is -2.18. The number of aryl methyl sites for hydroxylation is 10. The molecule has 0 N–H and O–H groups in total. The number of imidazole rings is 4. The van der Waals surface area contributed by atoms with Crippen LogP contribution in [0.15, 0.2) is 369 Å². The minimum absolute atomic E-state index is 0.282. The number of halogens is 5. The summed E-state index contributed by atoms with van der Waals surface area (Å²) in [5.41, 5.74) is 28.2. The summed E-state index contributed by atoms with van der Waals surface area (Å²) in [4.78, 5) is 0. The Bertz CT molecular complexity index is 9260. The van der Waals surface area contributed by atoms with Crippen molar-refractivity contribution in [3.63, 3.8) is 0 Å². The van der Waals surface area contributed by atoms with Gasteiger partial charge in [0, 0.05) is 113 Å². The first kappa shape index (κ1) is 93.3. The number of hydrogen-bond acceptors (Lipinski definition) is 5. The molecule has 0 saturated carbocycles. The first-order valence-corrected chi connectivity index (χ1v) is 48.4. The molecule has 25 aromatic rings.